The summed E-state index contributed by atoms with van der Waals surface area (Å²) >= 11 is 7.90. The van der Waals surface area contributed by atoms with E-state index in [-0.39, 0.29) is 22.3 Å². The highest BCUT2D eigenvalue weighted by atomic mass is 35.5. The first-order chi connectivity index (χ1) is 40.0. The topological polar surface area (TPSA) is 9.72 Å². The van der Waals surface area contributed by atoms with Crippen molar-refractivity contribution in [3.63, 3.8) is 0 Å². The van der Waals surface area contributed by atoms with Crippen LogP contribution in [-0.2, 0) is 21.7 Å². The van der Waals surface area contributed by atoms with Crippen LogP contribution >= 0.6 is 11.6 Å². The fourth-order valence-electron chi connectivity index (χ4n) is 5.99. The van der Waals surface area contributed by atoms with Crippen LogP contribution in [0.5, 0.6) is 0 Å². The van der Waals surface area contributed by atoms with Crippen molar-refractivity contribution < 1.29 is 35.6 Å². The number of hydrogen-bond donors (Lipinski definition) is 0. The average molecular weight is 865 g/mol. The molecule has 7 aromatic rings. The Morgan fingerprint density at radius 3 is 0.758 bits per heavy atom. The van der Waals surface area contributed by atoms with Crippen LogP contribution in [0.15, 0.2) is 169 Å². The van der Waals surface area contributed by atoms with E-state index in [1.807, 2.05) is 0 Å². The third-order valence-electron chi connectivity index (χ3n) is 9.52. The van der Waals surface area contributed by atoms with Crippen LogP contribution in [0.4, 0.5) is 51.2 Å². The van der Waals surface area contributed by atoms with Gasteiger partial charge in [-0.25, -0.2) is 0 Å². The summed E-state index contributed by atoms with van der Waals surface area (Å²) in [5, 5.41) is -0.854. The SMILES string of the molecule is [2H]c1c([2H])c([2H])c(N(c2cc(N(c3c([2H])c([2H])c(C(C)(C)C)c([2H])c3[2H])c3c([2H])c([2H])c(C(C)(C)C)c([2H])c3[2H])c(Cl)c(N(c3c([2H])c([2H])c(C(C)(C)C)c([2H])c3[2H])c3c([2H])c([2H])c(C(C)(C)C)c([2H])c3[2H])c2)c2c([2H])c([2H])c([2H])c([2H])c2[2H])c([2H])c1[2H]. The summed E-state index contributed by atoms with van der Waals surface area (Å²) in [6, 6.07) is -21.2. The monoisotopic (exact) mass is 864 g/mol. The Morgan fingerprint density at radius 1 is 0.306 bits per heavy atom. The highest BCUT2D eigenvalue weighted by Crippen LogP contribution is 2.51. The number of nitrogens with zero attached hydrogens (tertiary/aromatic N) is 3. The zero-order chi connectivity index (χ0) is 67.2. The van der Waals surface area contributed by atoms with E-state index in [9.17, 15) is 27.4 Å². The molecule has 4 heteroatoms. The molecule has 0 fully saturated rings. The number of hydrogen-bond acceptors (Lipinski definition) is 3. The highest BCUT2D eigenvalue weighted by Gasteiger charge is 2.28. The molecule has 7 rings (SSSR count). The van der Waals surface area contributed by atoms with E-state index in [4.69, 9.17) is 19.8 Å². The Kier molecular flexibility index (Phi) is 6.11. The number of anilines is 9. The maximum absolute atomic E-state index is 9.84. The third kappa shape index (κ3) is 9.64. The second-order valence-corrected chi connectivity index (χ2v) is 19.0. The summed E-state index contributed by atoms with van der Waals surface area (Å²) in [4.78, 5) is 2.02. The van der Waals surface area contributed by atoms with Gasteiger partial charge in [0.1, 0.15) is 0 Å². The maximum atomic E-state index is 9.84. The predicted octanol–water partition coefficient (Wildman–Crippen LogP) is 17.9. The molecule has 0 heterocycles. The van der Waals surface area contributed by atoms with E-state index in [1.54, 1.807) is 83.1 Å². The van der Waals surface area contributed by atoms with Gasteiger partial charge in [-0.1, -0.05) is 179 Å². The maximum Gasteiger partial charge on any atom is 0.0888 e. The van der Waals surface area contributed by atoms with Gasteiger partial charge >= 0.3 is 0 Å². The zero-order valence-corrected chi connectivity index (χ0v) is 37.6. The summed E-state index contributed by atoms with van der Waals surface area (Å²) in [5.74, 6) is 0. The lowest BCUT2D eigenvalue weighted by atomic mass is 9.86. The van der Waals surface area contributed by atoms with Crippen LogP contribution in [0.2, 0.25) is 5.02 Å². The van der Waals surface area contributed by atoms with Crippen molar-refractivity contribution in [2.75, 3.05) is 14.7 Å². The van der Waals surface area contributed by atoms with Gasteiger partial charge in [-0.05, 0) is 129 Å². The predicted molar refractivity (Wildman–Crippen MR) is 270 cm³/mol. The standard InChI is InChI=1S/C58H64ClN3/c1-55(2,3)41-23-31-47(32-24-41)61(48-33-25-42(26-34-48)56(4,5)6)52-39-51(60(45-19-15-13-16-20-45)46-21-17-14-18-22-46)40-53(54(52)59)62(49-35-27-43(28-36-49)57(7,8)9)50-37-29-44(30-38-50)58(10,11)12/h13-40H,1-12H3/i13D,14D,15D,16D,17D,18D,19D,20D,21D,22D,23D,24D,25D,26D,27D,28D,29D,30D,31D,32D,33D,34D,35D,36D,37D,38D. The molecule has 7 aromatic carbocycles. The fourth-order valence-corrected chi connectivity index (χ4v) is 6.27. The van der Waals surface area contributed by atoms with Crippen LogP contribution in [0.3, 0.4) is 0 Å². The molecular weight excluding hydrogens is 774 g/mol. The molecule has 0 aromatic heterocycles. The van der Waals surface area contributed by atoms with Gasteiger partial charge in [0, 0.05) is 34.1 Å². The minimum atomic E-state index is -1.13. The molecule has 0 aliphatic heterocycles. The smallest absolute Gasteiger partial charge is 0.0888 e. The van der Waals surface area contributed by atoms with Gasteiger partial charge in [0.25, 0.3) is 0 Å². The van der Waals surface area contributed by atoms with Crippen LogP contribution < -0.4 is 14.7 Å². The van der Waals surface area contributed by atoms with Crippen LogP contribution in [0, 0.1) is 0 Å². The second kappa shape index (κ2) is 17.2. The first kappa shape index (κ1) is 22.0. The summed E-state index contributed by atoms with van der Waals surface area (Å²) in [5.41, 5.74) is -12.7. The Hall–Kier alpha value is -5.77. The molecular formula is C58H64ClN3. The number of para-hydroxylation sites is 2. The number of benzene rings is 7. The quantitative estimate of drug-likeness (QED) is 0.143. The van der Waals surface area contributed by atoms with Crippen molar-refractivity contribution in [3.05, 3.63) is 197 Å². The van der Waals surface area contributed by atoms with Crippen molar-refractivity contribution in [2.45, 2.75) is 105 Å². The van der Waals surface area contributed by atoms with Gasteiger partial charge in [-0.15, -0.1) is 0 Å². The number of rotatable bonds is 9. The van der Waals surface area contributed by atoms with E-state index in [0.29, 0.717) is 14.7 Å². The van der Waals surface area contributed by atoms with Crippen LogP contribution in [0.1, 0.15) is 141 Å². The molecule has 0 bridgehead atoms. The van der Waals surface area contributed by atoms with Crippen LogP contribution in [0.25, 0.3) is 0 Å². The van der Waals surface area contributed by atoms with Crippen molar-refractivity contribution in [1.82, 2.24) is 0 Å². The molecule has 0 aliphatic rings. The molecule has 0 spiro atoms. The minimum absolute atomic E-state index is 0.141. The fraction of sp³-hybridized carbons (Fsp3) is 0.276. The first-order valence-corrected chi connectivity index (χ1v) is 20.2. The van der Waals surface area contributed by atoms with E-state index in [0.717, 1.165) is 12.1 Å². The van der Waals surface area contributed by atoms with Gasteiger partial charge in [0.2, 0.25) is 0 Å². The molecule has 0 atom stereocenters. The highest BCUT2D eigenvalue weighted by molar-refractivity contribution is 6.37. The largest absolute Gasteiger partial charge is 0.310 e. The van der Waals surface area contributed by atoms with Gasteiger partial charge < -0.3 is 14.7 Å². The molecule has 3 nitrogen and oxygen atoms in total. The third-order valence-corrected chi connectivity index (χ3v) is 9.91. The molecule has 0 unspecified atom stereocenters. The van der Waals surface area contributed by atoms with Gasteiger partial charge in [0.05, 0.1) is 57.7 Å². The molecule has 0 radical (unpaired) electrons. The summed E-state index contributed by atoms with van der Waals surface area (Å²) in [7, 11) is 0. The van der Waals surface area contributed by atoms with Crippen molar-refractivity contribution in [1.29, 1.82) is 0 Å². The Balaban J connectivity index is 1.98. The van der Waals surface area contributed by atoms with Gasteiger partial charge in [0.15, 0.2) is 0 Å². The molecule has 0 amide bonds. The Labute approximate surface area is 414 Å². The van der Waals surface area contributed by atoms with E-state index in [2.05, 4.69) is 0 Å². The van der Waals surface area contributed by atoms with E-state index >= 15 is 0 Å². The average Bonchev–Trinajstić information content (AvgIpc) is 1.83. The normalized spacial score (nSPS) is 18.1. The van der Waals surface area contributed by atoms with Crippen molar-refractivity contribution in [3.8, 4) is 0 Å². The van der Waals surface area contributed by atoms with Gasteiger partial charge in [-0.2, -0.15) is 0 Å². The van der Waals surface area contributed by atoms with Crippen molar-refractivity contribution >= 4 is 62.8 Å². The van der Waals surface area contributed by atoms with Crippen LogP contribution in [-0.4, -0.2) is 0 Å². The zero-order valence-electron chi connectivity index (χ0n) is 62.9. The molecule has 0 N–H and O–H groups in total. The number of halogens is 1. The molecule has 0 aliphatic carbocycles. The van der Waals surface area contributed by atoms with Crippen molar-refractivity contribution in [2.24, 2.45) is 0 Å². The molecule has 0 saturated carbocycles. The molecule has 62 heavy (non-hydrogen) atoms. The van der Waals surface area contributed by atoms with E-state index < -0.39 is 235 Å². The summed E-state index contributed by atoms with van der Waals surface area (Å²) < 4.78 is 245. The molecule has 0 saturated heterocycles. The second-order valence-electron chi connectivity index (χ2n) is 18.6. The summed E-state index contributed by atoms with van der Waals surface area (Å²) in [6.45, 7) is 19.3. The first-order valence-electron chi connectivity index (χ1n) is 32.9. The Morgan fingerprint density at radius 2 is 0.532 bits per heavy atom. The minimum Gasteiger partial charge on any atom is -0.310 e. The molecule has 318 valence electrons. The lowest BCUT2D eigenvalue weighted by Crippen LogP contribution is -2.18. The lowest BCUT2D eigenvalue weighted by molar-refractivity contribution is 0.590. The van der Waals surface area contributed by atoms with E-state index in [1.165, 1.54) is 0 Å². The lowest BCUT2D eigenvalue weighted by Gasteiger charge is -2.34. The van der Waals surface area contributed by atoms with Gasteiger partial charge in [-0.3, -0.25) is 0 Å². The summed E-state index contributed by atoms with van der Waals surface area (Å²) in [6.07, 6.45) is 0. The Bertz CT molecular complexity index is 3540.